The maximum atomic E-state index is 13.4. The average molecular weight is 439 g/mol. The summed E-state index contributed by atoms with van der Waals surface area (Å²) >= 11 is 0. The van der Waals surface area contributed by atoms with Crippen LogP contribution in [0.1, 0.15) is 56.6 Å². The molecule has 8 nitrogen and oxygen atoms in total. The lowest BCUT2D eigenvalue weighted by Crippen LogP contribution is -2.48. The molecule has 168 valence electrons. The van der Waals surface area contributed by atoms with Crippen LogP contribution < -0.4 is 16.0 Å². The van der Waals surface area contributed by atoms with Gasteiger partial charge in [-0.15, -0.1) is 0 Å². The molecule has 0 spiro atoms. The number of amides is 1. The Labute approximate surface area is 186 Å². The summed E-state index contributed by atoms with van der Waals surface area (Å²) in [5.74, 6) is -0.148. The first-order valence-electron chi connectivity index (χ1n) is 10.9. The van der Waals surface area contributed by atoms with Gasteiger partial charge in [-0.3, -0.25) is 4.79 Å². The van der Waals surface area contributed by atoms with Crippen molar-refractivity contribution in [3.63, 3.8) is 0 Å². The van der Waals surface area contributed by atoms with Crippen LogP contribution in [0.2, 0.25) is 0 Å². The zero-order valence-corrected chi connectivity index (χ0v) is 18.2. The van der Waals surface area contributed by atoms with Crippen LogP contribution in [-0.4, -0.2) is 39.7 Å². The van der Waals surface area contributed by atoms with Gasteiger partial charge in [0.1, 0.15) is 23.3 Å². The molecule has 0 bridgehead atoms. The fourth-order valence-electron chi connectivity index (χ4n) is 4.49. The van der Waals surface area contributed by atoms with Gasteiger partial charge in [-0.25, -0.2) is 9.37 Å². The Balaban J connectivity index is 1.43. The smallest absolute Gasteiger partial charge is 0.232 e. The Morgan fingerprint density at radius 2 is 2.19 bits per heavy atom. The number of anilines is 3. The van der Waals surface area contributed by atoms with Gasteiger partial charge in [-0.05, 0) is 43.4 Å². The molecule has 1 aromatic carbocycles. The van der Waals surface area contributed by atoms with Crippen molar-refractivity contribution in [3.05, 3.63) is 41.3 Å². The van der Waals surface area contributed by atoms with E-state index < -0.39 is 6.10 Å². The van der Waals surface area contributed by atoms with Crippen molar-refractivity contribution >= 4 is 23.4 Å². The second-order valence-electron chi connectivity index (χ2n) is 9.02. The molecular formula is C23H27FN6O2. The van der Waals surface area contributed by atoms with E-state index in [9.17, 15) is 19.6 Å². The first kappa shape index (κ1) is 22.0. The molecule has 1 saturated carbocycles. The summed E-state index contributed by atoms with van der Waals surface area (Å²) in [4.78, 5) is 21.0. The third kappa shape index (κ3) is 4.23. The van der Waals surface area contributed by atoms with Gasteiger partial charge in [0.15, 0.2) is 0 Å². The van der Waals surface area contributed by atoms with E-state index in [2.05, 4.69) is 32.0 Å². The van der Waals surface area contributed by atoms with Gasteiger partial charge in [0.2, 0.25) is 11.9 Å². The maximum absolute atomic E-state index is 13.4. The predicted octanol–water partition coefficient (Wildman–Crippen LogP) is 3.38. The lowest BCUT2D eigenvalue weighted by atomic mass is 9.71. The zero-order valence-electron chi connectivity index (χ0n) is 18.2. The van der Waals surface area contributed by atoms with E-state index in [-0.39, 0.29) is 29.1 Å². The highest BCUT2D eigenvalue weighted by Crippen LogP contribution is 2.38. The fourth-order valence-corrected chi connectivity index (χ4v) is 4.49. The molecule has 1 fully saturated rings. The van der Waals surface area contributed by atoms with Crippen molar-refractivity contribution in [2.75, 3.05) is 22.5 Å². The highest BCUT2D eigenvalue weighted by molar-refractivity contribution is 6.02. The maximum Gasteiger partial charge on any atom is 0.232 e. The second-order valence-corrected chi connectivity index (χ2v) is 9.02. The lowest BCUT2D eigenvalue weighted by molar-refractivity contribution is -0.117. The number of carbonyl (C=O) groups excluding carboxylic acids is 1. The molecule has 3 atom stereocenters. The molecular weight excluding hydrogens is 411 g/mol. The number of aromatic nitrogens is 2. The number of nitrogens with one attached hydrogen (secondary N) is 3. The van der Waals surface area contributed by atoms with Crippen molar-refractivity contribution in [1.82, 2.24) is 9.97 Å². The third-order valence-electron chi connectivity index (χ3n) is 6.63. The number of aliphatic hydroxyl groups excluding tert-OH is 1. The predicted molar refractivity (Wildman–Crippen MR) is 119 cm³/mol. The van der Waals surface area contributed by atoms with Crippen LogP contribution in [0.25, 0.3) is 0 Å². The number of benzene rings is 1. The van der Waals surface area contributed by atoms with E-state index >= 15 is 0 Å². The molecule has 0 saturated heterocycles. The molecule has 1 aliphatic carbocycles. The second kappa shape index (κ2) is 8.71. The Morgan fingerprint density at radius 3 is 2.97 bits per heavy atom. The van der Waals surface area contributed by atoms with Crippen molar-refractivity contribution in [2.24, 2.45) is 5.41 Å². The number of carbonyl (C=O) groups is 1. The van der Waals surface area contributed by atoms with Crippen molar-refractivity contribution in [3.8, 4) is 6.07 Å². The monoisotopic (exact) mass is 438 g/mol. The first-order chi connectivity index (χ1) is 15.3. The molecule has 1 amide bonds. The first-order valence-corrected chi connectivity index (χ1v) is 10.9. The number of nitriles is 1. The van der Waals surface area contributed by atoms with Gasteiger partial charge in [0, 0.05) is 23.7 Å². The van der Waals surface area contributed by atoms with Gasteiger partial charge in [0.05, 0.1) is 18.2 Å². The Morgan fingerprint density at radius 1 is 1.38 bits per heavy atom. The topological polar surface area (TPSA) is 123 Å². The normalized spacial score (nSPS) is 23.7. The molecule has 4 rings (SSSR count). The molecule has 0 radical (unpaired) electrons. The summed E-state index contributed by atoms with van der Waals surface area (Å²) in [6, 6.07) is 6.39. The van der Waals surface area contributed by atoms with Crippen LogP contribution in [0.5, 0.6) is 0 Å². The van der Waals surface area contributed by atoms with Crippen LogP contribution in [-0.2, 0) is 4.79 Å². The molecule has 1 aliphatic heterocycles. The molecule has 9 heteroatoms. The number of aliphatic hydroxyl groups is 1. The van der Waals surface area contributed by atoms with Crippen molar-refractivity contribution in [2.45, 2.75) is 57.6 Å². The van der Waals surface area contributed by atoms with E-state index in [1.54, 1.807) is 6.07 Å². The molecule has 2 aliphatic rings. The minimum absolute atomic E-state index is 0.0276. The standard InChI is InChI=1S/C23H27FN6O2/c1-23(2)18(4-3-5-19(23)31)29-20-13(11-25)12-27-22(30-20)26-9-8-16-15-7-6-14(24)10-17(15)28-21(16)32/h6-7,10,12,16,18-19,31H,3-5,8-9H2,1-2H3,(H,28,32)(H2,26,27,29,30)/t16?,18-,19+/m1/s1. The minimum Gasteiger partial charge on any atom is -0.392 e. The Bertz CT molecular complexity index is 1070. The highest BCUT2D eigenvalue weighted by atomic mass is 19.1. The minimum atomic E-state index is -0.423. The number of halogens is 1. The largest absolute Gasteiger partial charge is 0.392 e. The van der Waals surface area contributed by atoms with Gasteiger partial charge in [-0.2, -0.15) is 10.2 Å². The summed E-state index contributed by atoms with van der Waals surface area (Å²) in [6.07, 6.45) is 4.06. The number of hydrogen-bond donors (Lipinski definition) is 4. The van der Waals surface area contributed by atoms with Gasteiger partial charge in [-0.1, -0.05) is 19.9 Å². The highest BCUT2D eigenvalue weighted by Gasteiger charge is 2.40. The van der Waals surface area contributed by atoms with Gasteiger partial charge < -0.3 is 21.1 Å². The SMILES string of the molecule is CC1(C)[C@@H](O)CCC[C@H]1Nc1nc(NCCC2C(=O)Nc3cc(F)ccc32)ncc1C#N. The van der Waals surface area contributed by atoms with E-state index in [1.807, 2.05) is 13.8 Å². The molecule has 4 N–H and O–H groups in total. The zero-order chi connectivity index (χ0) is 22.9. The molecule has 2 aromatic rings. The average Bonchev–Trinajstić information content (AvgIpc) is 3.06. The van der Waals surface area contributed by atoms with Crippen LogP contribution in [0.15, 0.2) is 24.4 Å². The van der Waals surface area contributed by atoms with E-state index in [0.717, 1.165) is 24.8 Å². The molecule has 32 heavy (non-hydrogen) atoms. The van der Waals surface area contributed by atoms with E-state index in [1.165, 1.54) is 18.3 Å². The molecule has 1 aromatic heterocycles. The summed E-state index contributed by atoms with van der Waals surface area (Å²) in [5.41, 5.74) is 1.27. The van der Waals surface area contributed by atoms with Crippen LogP contribution in [0, 0.1) is 22.6 Å². The Hall–Kier alpha value is -3.25. The van der Waals surface area contributed by atoms with Crippen LogP contribution >= 0.6 is 0 Å². The molecule has 1 unspecified atom stereocenters. The summed E-state index contributed by atoms with van der Waals surface area (Å²) in [6.45, 7) is 4.45. The van der Waals surface area contributed by atoms with E-state index in [4.69, 9.17) is 0 Å². The quantitative estimate of drug-likeness (QED) is 0.545. The summed E-state index contributed by atoms with van der Waals surface area (Å²) in [7, 11) is 0. The number of fused-ring (bicyclic) bond motifs is 1. The lowest BCUT2D eigenvalue weighted by Gasteiger charge is -2.43. The van der Waals surface area contributed by atoms with E-state index in [0.29, 0.717) is 36.0 Å². The van der Waals surface area contributed by atoms with Crippen molar-refractivity contribution in [1.29, 1.82) is 5.26 Å². The number of hydrogen-bond acceptors (Lipinski definition) is 7. The third-order valence-corrected chi connectivity index (χ3v) is 6.63. The van der Waals surface area contributed by atoms with Crippen molar-refractivity contribution < 1.29 is 14.3 Å². The Kier molecular flexibility index (Phi) is 5.98. The van der Waals surface area contributed by atoms with Gasteiger partial charge in [0.25, 0.3) is 0 Å². The van der Waals surface area contributed by atoms with Gasteiger partial charge >= 0.3 is 0 Å². The fraction of sp³-hybridized carbons (Fsp3) is 0.478. The summed E-state index contributed by atoms with van der Waals surface area (Å²) in [5, 5.41) is 29.0. The summed E-state index contributed by atoms with van der Waals surface area (Å²) < 4.78 is 13.4. The van der Waals surface area contributed by atoms with Crippen LogP contribution in [0.3, 0.4) is 0 Å². The molecule has 2 heterocycles. The van der Waals surface area contributed by atoms with Crippen LogP contribution in [0.4, 0.5) is 21.8 Å². The number of rotatable bonds is 6. The number of nitrogens with zero attached hydrogens (tertiary/aromatic N) is 3.